The number of benzene rings is 2. The number of halogens is 2. The highest BCUT2D eigenvalue weighted by molar-refractivity contribution is 9.10. The van der Waals surface area contributed by atoms with Gasteiger partial charge in [-0.15, -0.1) is 0 Å². The van der Waals surface area contributed by atoms with Crippen molar-refractivity contribution in [2.45, 2.75) is 0 Å². The Kier molecular flexibility index (Phi) is 5.76. The predicted octanol–water partition coefficient (Wildman–Crippen LogP) is 6.16. The lowest BCUT2D eigenvalue weighted by atomic mass is 10.1. The maximum Gasteiger partial charge on any atom is 0.288 e. The Morgan fingerprint density at radius 3 is 2.80 bits per heavy atom. The number of carbonyl (C=O) groups is 1. The van der Waals surface area contributed by atoms with E-state index in [0.717, 1.165) is 4.47 Å². The van der Waals surface area contributed by atoms with E-state index < -0.39 is 4.92 Å². The average Bonchev–Trinajstić information content (AvgIpc) is 3.29. The molecule has 1 aliphatic heterocycles. The van der Waals surface area contributed by atoms with Crippen LogP contribution in [0.15, 0.2) is 73.4 Å². The number of nitrogens with zero attached hydrogens (tertiary/aromatic N) is 2. The molecule has 1 aliphatic rings. The number of rotatable bonds is 4. The van der Waals surface area contributed by atoms with Crippen LogP contribution in [-0.2, 0) is 4.79 Å². The van der Waals surface area contributed by atoms with Crippen LogP contribution in [0.5, 0.6) is 0 Å². The van der Waals surface area contributed by atoms with Crippen LogP contribution in [0.3, 0.4) is 0 Å². The molecule has 10 heteroatoms. The Bertz CT molecular complexity index is 1240. The highest BCUT2D eigenvalue weighted by atomic mass is 79.9. The standard InChI is InChI=1S/C20H11BrClN3O4S/c21-12-2-1-3-13(9-12)23-20-24-19(26)18(30-20)10-14-5-7-17(29-14)11-4-6-15(22)16(8-11)25(27)28/h1-10H,(H,23,24,26)/b18-10-. The SMILES string of the molecule is O=C1NC(=Nc2cccc(Br)c2)S/C1=C\c1ccc(-c2ccc(Cl)c([N+](=O)[O-])c2)o1. The molecule has 3 aromatic rings. The van der Waals surface area contributed by atoms with Crippen molar-refractivity contribution in [1.82, 2.24) is 5.32 Å². The van der Waals surface area contributed by atoms with Gasteiger partial charge in [-0.1, -0.05) is 33.6 Å². The monoisotopic (exact) mass is 503 g/mol. The van der Waals surface area contributed by atoms with E-state index in [2.05, 4.69) is 26.2 Å². The summed E-state index contributed by atoms with van der Waals surface area (Å²) in [6.45, 7) is 0. The summed E-state index contributed by atoms with van der Waals surface area (Å²) in [5, 5.41) is 14.3. The van der Waals surface area contributed by atoms with Gasteiger partial charge in [0.1, 0.15) is 16.5 Å². The van der Waals surface area contributed by atoms with Crippen LogP contribution < -0.4 is 5.32 Å². The van der Waals surface area contributed by atoms with Gasteiger partial charge in [-0.25, -0.2) is 4.99 Å². The first kappa shape index (κ1) is 20.4. The van der Waals surface area contributed by atoms with Gasteiger partial charge in [0.25, 0.3) is 11.6 Å². The molecule has 1 saturated heterocycles. The third kappa shape index (κ3) is 4.48. The van der Waals surface area contributed by atoms with E-state index in [4.69, 9.17) is 16.0 Å². The van der Waals surface area contributed by atoms with E-state index in [1.165, 1.54) is 23.9 Å². The van der Waals surface area contributed by atoms with Crippen LogP contribution >= 0.6 is 39.3 Å². The van der Waals surface area contributed by atoms with Gasteiger partial charge >= 0.3 is 0 Å². The maximum absolute atomic E-state index is 12.3. The van der Waals surface area contributed by atoms with E-state index in [1.54, 1.807) is 24.3 Å². The molecule has 0 saturated carbocycles. The van der Waals surface area contributed by atoms with Gasteiger partial charge in [0.2, 0.25) is 0 Å². The molecule has 0 aliphatic carbocycles. The second-order valence-electron chi connectivity index (χ2n) is 6.09. The smallest absolute Gasteiger partial charge is 0.288 e. The minimum absolute atomic E-state index is 0.0499. The maximum atomic E-state index is 12.3. The van der Waals surface area contributed by atoms with E-state index >= 15 is 0 Å². The summed E-state index contributed by atoms with van der Waals surface area (Å²) in [5.74, 6) is 0.575. The number of hydrogen-bond acceptors (Lipinski definition) is 6. The van der Waals surface area contributed by atoms with Crippen LogP contribution in [0.25, 0.3) is 17.4 Å². The highest BCUT2D eigenvalue weighted by Gasteiger charge is 2.24. The fourth-order valence-corrected chi connectivity index (χ4v) is 4.06. The number of carbonyl (C=O) groups excluding carboxylic acids is 1. The normalized spacial score (nSPS) is 16.3. The minimum Gasteiger partial charge on any atom is -0.457 e. The van der Waals surface area contributed by atoms with Crippen molar-refractivity contribution in [3.8, 4) is 11.3 Å². The summed E-state index contributed by atoms with van der Waals surface area (Å²) in [6.07, 6.45) is 1.59. The molecule has 0 atom stereocenters. The number of thioether (sulfide) groups is 1. The molecule has 30 heavy (non-hydrogen) atoms. The summed E-state index contributed by atoms with van der Waals surface area (Å²) >= 11 is 10.4. The number of nitro benzene ring substituents is 1. The topological polar surface area (TPSA) is 97.7 Å². The van der Waals surface area contributed by atoms with E-state index in [9.17, 15) is 14.9 Å². The summed E-state index contributed by atoms with van der Waals surface area (Å²) in [7, 11) is 0. The molecule has 4 rings (SSSR count). The molecule has 1 aromatic heterocycles. The summed E-state index contributed by atoms with van der Waals surface area (Å²) < 4.78 is 6.63. The van der Waals surface area contributed by atoms with Crippen molar-refractivity contribution < 1.29 is 14.1 Å². The second-order valence-corrected chi connectivity index (χ2v) is 8.44. The lowest BCUT2D eigenvalue weighted by molar-refractivity contribution is -0.384. The molecule has 7 nitrogen and oxygen atoms in total. The van der Waals surface area contributed by atoms with E-state index in [-0.39, 0.29) is 16.6 Å². The van der Waals surface area contributed by atoms with E-state index in [0.29, 0.717) is 32.8 Å². The number of furan rings is 1. The molecule has 0 bridgehead atoms. The van der Waals surface area contributed by atoms with Gasteiger partial charge in [-0.05, 0) is 54.2 Å². The molecular formula is C20H11BrClN3O4S. The lowest BCUT2D eigenvalue weighted by Crippen LogP contribution is -2.19. The number of nitrogens with one attached hydrogen (secondary N) is 1. The highest BCUT2D eigenvalue weighted by Crippen LogP contribution is 2.33. The Morgan fingerprint density at radius 1 is 1.20 bits per heavy atom. The van der Waals surface area contributed by atoms with E-state index in [1.807, 2.05) is 24.3 Å². The number of nitro groups is 1. The third-order valence-electron chi connectivity index (χ3n) is 4.02. The predicted molar refractivity (Wildman–Crippen MR) is 121 cm³/mol. The number of aliphatic imine (C=N–C) groups is 1. The van der Waals surface area contributed by atoms with Gasteiger partial charge in [0.15, 0.2) is 5.17 Å². The molecule has 1 N–H and O–H groups in total. The second kappa shape index (κ2) is 8.47. The van der Waals surface area contributed by atoms with Crippen LogP contribution in [0.1, 0.15) is 5.76 Å². The Hall–Kier alpha value is -2.88. The molecule has 150 valence electrons. The molecule has 1 amide bonds. The first-order valence-corrected chi connectivity index (χ1v) is 10.5. The first-order chi connectivity index (χ1) is 14.4. The largest absolute Gasteiger partial charge is 0.457 e. The average molecular weight is 505 g/mol. The minimum atomic E-state index is -0.552. The summed E-state index contributed by atoms with van der Waals surface area (Å²) in [6, 6.07) is 15.2. The van der Waals surface area contributed by atoms with Crippen molar-refractivity contribution >= 4 is 67.8 Å². The van der Waals surface area contributed by atoms with Gasteiger partial charge in [0.05, 0.1) is 15.5 Å². The Morgan fingerprint density at radius 2 is 2.03 bits per heavy atom. The third-order valence-corrected chi connectivity index (χ3v) is 5.74. The fraction of sp³-hybridized carbons (Fsp3) is 0. The van der Waals surface area contributed by atoms with Crippen LogP contribution in [0.2, 0.25) is 5.02 Å². The zero-order chi connectivity index (χ0) is 21.3. The van der Waals surface area contributed by atoms with Crippen LogP contribution in [0.4, 0.5) is 11.4 Å². The zero-order valence-electron chi connectivity index (χ0n) is 15.0. The van der Waals surface area contributed by atoms with Gasteiger partial charge in [0, 0.05) is 22.2 Å². The zero-order valence-corrected chi connectivity index (χ0v) is 18.1. The lowest BCUT2D eigenvalue weighted by Gasteiger charge is -1.99. The quantitative estimate of drug-likeness (QED) is 0.261. The first-order valence-electron chi connectivity index (χ1n) is 8.48. The van der Waals surface area contributed by atoms with Gasteiger partial charge < -0.3 is 9.73 Å². The van der Waals surface area contributed by atoms with Crippen molar-refractivity contribution in [1.29, 1.82) is 0 Å². The van der Waals surface area contributed by atoms with Crippen molar-refractivity contribution in [2.24, 2.45) is 4.99 Å². The molecule has 1 fully saturated rings. The number of amides is 1. The molecular weight excluding hydrogens is 494 g/mol. The molecule has 0 spiro atoms. The molecule has 2 heterocycles. The molecule has 2 aromatic carbocycles. The van der Waals surface area contributed by atoms with Crippen LogP contribution in [0, 0.1) is 10.1 Å². The summed E-state index contributed by atoms with van der Waals surface area (Å²) in [4.78, 5) is 27.6. The molecule has 0 unspecified atom stereocenters. The number of hydrogen-bond donors (Lipinski definition) is 1. The van der Waals surface area contributed by atoms with Gasteiger partial charge in [-0.2, -0.15) is 0 Å². The van der Waals surface area contributed by atoms with Crippen molar-refractivity contribution in [3.63, 3.8) is 0 Å². The fourth-order valence-electron chi connectivity index (χ4n) is 2.66. The van der Waals surface area contributed by atoms with Gasteiger partial charge in [-0.3, -0.25) is 14.9 Å². The van der Waals surface area contributed by atoms with Crippen molar-refractivity contribution in [3.05, 3.63) is 84.9 Å². The van der Waals surface area contributed by atoms with Crippen LogP contribution in [-0.4, -0.2) is 16.0 Å². The van der Waals surface area contributed by atoms with Crippen molar-refractivity contribution in [2.75, 3.05) is 0 Å². The number of amidine groups is 1. The molecule has 0 radical (unpaired) electrons. The summed E-state index contributed by atoms with van der Waals surface area (Å²) in [5.41, 5.74) is 1.01. The Labute approximate surface area is 188 Å². The Balaban J connectivity index is 1.56.